The molecule has 2 saturated carbocycles. The molecule has 6 aliphatic heterocycles. The molecule has 6 heterocycles. The van der Waals surface area contributed by atoms with Crippen LogP contribution in [-0.4, -0.2) is 325 Å². The van der Waals surface area contributed by atoms with E-state index in [2.05, 4.69) is 5.32 Å². The second-order valence-electron chi connectivity index (χ2n) is 21.5. The molecule has 35 heteroatoms. The molecule has 35 nitrogen and oxygen atoms in total. The summed E-state index contributed by atoms with van der Waals surface area (Å²) in [5.74, 6) is 0. The topological polar surface area (TPSA) is 631 Å². The second-order valence-corrected chi connectivity index (χ2v) is 21.5. The normalized spacial score (nSPS) is 54.4. The Kier molecular flexibility index (Phi) is 22.9. The van der Waals surface area contributed by atoms with Crippen molar-refractivity contribution in [2.45, 2.75) is 240 Å². The summed E-state index contributed by atoms with van der Waals surface area (Å²) in [6.45, 7) is -1.99. The van der Waals surface area contributed by atoms with Crippen LogP contribution in [0.1, 0.15) is 19.3 Å². The first-order chi connectivity index (χ1) is 37.3. The maximum absolute atomic E-state index is 11.1. The lowest BCUT2D eigenvalue weighted by atomic mass is 9.84. The molecular formula is C44H86N10O25. The van der Waals surface area contributed by atoms with Crippen molar-refractivity contribution in [1.29, 1.82) is 0 Å². The monoisotopic (exact) mass is 1150 g/mol. The smallest absolute Gasteiger partial charge is 0.189 e. The minimum absolute atomic E-state index is 0.0642. The predicted octanol–water partition coefficient (Wildman–Crippen LogP) is -15.8. The maximum Gasteiger partial charge on any atom is 0.189 e. The van der Waals surface area contributed by atoms with Crippen molar-refractivity contribution in [3.63, 3.8) is 0 Å². The Bertz CT molecular complexity index is 1880. The third-order valence-corrected chi connectivity index (χ3v) is 16.1. The number of fused-ring (bicyclic) bond motifs is 1. The molecule has 6 saturated heterocycles. The minimum atomic E-state index is -1.62. The van der Waals surface area contributed by atoms with Crippen molar-refractivity contribution in [3.8, 4) is 0 Å². The molecule has 0 bridgehead atoms. The van der Waals surface area contributed by atoms with Crippen LogP contribution in [0.4, 0.5) is 0 Å². The van der Waals surface area contributed by atoms with Gasteiger partial charge in [-0.1, -0.05) is 0 Å². The third kappa shape index (κ3) is 13.7. The van der Waals surface area contributed by atoms with Crippen molar-refractivity contribution in [3.05, 3.63) is 0 Å². The van der Waals surface area contributed by atoms with E-state index in [1.54, 1.807) is 7.05 Å². The van der Waals surface area contributed by atoms with Gasteiger partial charge < -0.3 is 181 Å². The van der Waals surface area contributed by atoms with Crippen LogP contribution in [0.3, 0.4) is 0 Å². The molecule has 36 atom stereocenters. The lowest BCUT2D eigenvalue weighted by molar-refractivity contribution is -0.373. The van der Waals surface area contributed by atoms with Gasteiger partial charge in [0.05, 0.1) is 68.3 Å². The van der Waals surface area contributed by atoms with E-state index in [4.69, 9.17) is 104 Å². The van der Waals surface area contributed by atoms with Crippen LogP contribution in [0.2, 0.25) is 0 Å². The number of hydrogen-bond donors (Lipinski definition) is 24. The van der Waals surface area contributed by atoms with Gasteiger partial charge in [-0.2, -0.15) is 0 Å². The molecule has 462 valence electrons. The SMILES string of the molecule is CN[C@@H]1[C@@H](O[C@H]2O[C@H](CO)[C@@H](N)[C@H](O)[C@H]2O)O[C@H]2C[C@@H](N)[C@@H](O[C@H]3[C@H](O)[C@@H](O)[C@H](N)C[C@@H]3N)O[C@@H]2[C@@H]1O.NC[C@@H]1O[C@H](O[C@H]2[C@@H](O)[C@H](O[C@@H]3[C@@H](O)[C@H](N)C[C@H](N)[C@H]3O[C@H]3O[C@H](CO)[C@@H](O)[C@H](O)[C@H]3N)O[C@@H]2CO)[C@H](N)[C@@H](O)[C@@H]1O. The zero-order valence-corrected chi connectivity index (χ0v) is 43.2. The van der Waals surface area contributed by atoms with E-state index in [1.807, 2.05) is 0 Å². The highest BCUT2D eigenvalue weighted by atomic mass is 16.8. The van der Waals surface area contributed by atoms with Gasteiger partial charge in [-0.3, -0.25) is 0 Å². The molecule has 0 unspecified atom stereocenters. The molecule has 0 aromatic carbocycles. The van der Waals surface area contributed by atoms with Crippen LogP contribution in [0, 0.1) is 0 Å². The average Bonchev–Trinajstić information content (AvgIpc) is 3.85. The van der Waals surface area contributed by atoms with Crippen molar-refractivity contribution >= 4 is 0 Å². The minimum Gasteiger partial charge on any atom is -0.394 e. The van der Waals surface area contributed by atoms with E-state index in [0.29, 0.717) is 0 Å². The van der Waals surface area contributed by atoms with E-state index >= 15 is 0 Å². The Hall–Kier alpha value is -1.40. The maximum atomic E-state index is 11.1. The van der Waals surface area contributed by atoms with Crippen LogP contribution in [0.25, 0.3) is 0 Å². The van der Waals surface area contributed by atoms with E-state index in [-0.39, 0.29) is 25.8 Å². The summed E-state index contributed by atoms with van der Waals surface area (Å²) in [6.07, 6.45) is -34.2. The first-order valence-corrected chi connectivity index (χ1v) is 26.3. The summed E-state index contributed by atoms with van der Waals surface area (Å²) < 4.78 is 63.6. The fourth-order valence-electron chi connectivity index (χ4n) is 11.2. The molecule has 0 amide bonds. The fourth-order valence-corrected chi connectivity index (χ4v) is 11.2. The predicted molar refractivity (Wildman–Crippen MR) is 259 cm³/mol. The van der Waals surface area contributed by atoms with E-state index in [1.165, 1.54) is 0 Å². The van der Waals surface area contributed by atoms with Gasteiger partial charge in [0.15, 0.2) is 37.7 Å². The number of aliphatic hydroxyl groups excluding tert-OH is 14. The number of likely N-dealkylation sites (N-methyl/N-ethyl adjacent to an activating group) is 1. The Morgan fingerprint density at radius 1 is 0.367 bits per heavy atom. The number of ether oxygens (including phenoxy) is 11. The van der Waals surface area contributed by atoms with Crippen LogP contribution < -0.4 is 56.9 Å². The highest BCUT2D eigenvalue weighted by molar-refractivity contribution is 5.04. The van der Waals surface area contributed by atoms with Crippen LogP contribution in [0.15, 0.2) is 0 Å². The molecule has 8 fully saturated rings. The van der Waals surface area contributed by atoms with Crippen LogP contribution in [0.5, 0.6) is 0 Å². The largest absolute Gasteiger partial charge is 0.394 e. The Morgan fingerprint density at radius 2 is 0.848 bits per heavy atom. The number of nitrogens with one attached hydrogen (secondary N) is 1. The molecule has 0 aromatic rings. The average molecular weight is 1160 g/mol. The molecular weight excluding hydrogens is 1070 g/mol. The standard InChI is InChI=1S/C23H45N5O14.C21H41N5O11/c24-2-7-13(32)15(34)10(27)21(37-7)41-19-9(4-30)39-23(17(19)36)42-20-12(31)5(25)1-6(26)18(20)40-22-11(28)16(35)14(33)8(3-29)38-22;1-26-11-14(30)18-8(33-20(11)37-21-16(32)13(29)10(25)9(4-27)34-21)3-7(24)19(36-18)35-17-6(23)2-5(22)12(28)15(17)31/h5-23,29-36H,1-4,24-28H2;5-21,26-32H,2-4,22-25H2,1H3/t5-,6+,7+,8-,9-,10-,11-,12+,13-,14-,15-,16-,17-,18-,19-,20-,21-,22-,23+;5-,6+,7-,8+,9-,10-,11+,12+,13+,14-,15-,16-,17-,18+,19+,20-,21-/m11/s1. The van der Waals surface area contributed by atoms with Gasteiger partial charge in [0.2, 0.25) is 0 Å². The molecule has 79 heavy (non-hydrogen) atoms. The Balaban J connectivity index is 0.000000230. The number of hydrogen-bond acceptors (Lipinski definition) is 35. The molecule has 0 spiro atoms. The zero-order valence-electron chi connectivity index (χ0n) is 43.2. The lowest BCUT2D eigenvalue weighted by Crippen LogP contribution is -2.70. The van der Waals surface area contributed by atoms with E-state index in [9.17, 15) is 71.5 Å². The summed E-state index contributed by atoms with van der Waals surface area (Å²) in [4.78, 5) is 0. The van der Waals surface area contributed by atoms with Gasteiger partial charge in [-0.25, -0.2) is 0 Å². The highest BCUT2D eigenvalue weighted by Crippen LogP contribution is 2.37. The summed E-state index contributed by atoms with van der Waals surface area (Å²) in [5, 5.41) is 147. The van der Waals surface area contributed by atoms with Gasteiger partial charge >= 0.3 is 0 Å². The summed E-state index contributed by atoms with van der Waals surface area (Å²) in [7, 11) is 1.55. The van der Waals surface area contributed by atoms with Crippen molar-refractivity contribution < 1.29 is 124 Å². The zero-order chi connectivity index (χ0) is 58.2. The number of nitrogens with two attached hydrogens (primary N) is 9. The van der Waals surface area contributed by atoms with Gasteiger partial charge in [-0.05, 0) is 26.3 Å². The highest BCUT2D eigenvalue weighted by Gasteiger charge is 2.57. The number of rotatable bonds is 15. The Morgan fingerprint density at radius 3 is 1.43 bits per heavy atom. The van der Waals surface area contributed by atoms with Gasteiger partial charge in [0.1, 0.15) is 110 Å². The van der Waals surface area contributed by atoms with Crippen molar-refractivity contribution in [2.75, 3.05) is 33.4 Å². The first-order valence-electron chi connectivity index (χ1n) is 26.3. The van der Waals surface area contributed by atoms with E-state index in [0.717, 1.165) is 0 Å². The molecule has 0 aromatic heterocycles. The van der Waals surface area contributed by atoms with Crippen LogP contribution in [-0.2, 0) is 52.1 Å². The number of aliphatic hydroxyl groups is 14. The second kappa shape index (κ2) is 27.8. The third-order valence-electron chi connectivity index (χ3n) is 16.1. The molecule has 8 aliphatic rings. The fraction of sp³-hybridized carbons (Fsp3) is 1.00. The first kappa shape index (κ1) is 65.1. The summed E-state index contributed by atoms with van der Waals surface area (Å²) in [5.41, 5.74) is 53.9. The van der Waals surface area contributed by atoms with Gasteiger partial charge in [-0.15, -0.1) is 0 Å². The molecule has 8 rings (SSSR count). The van der Waals surface area contributed by atoms with Crippen LogP contribution >= 0.6 is 0 Å². The lowest BCUT2D eigenvalue weighted by Gasteiger charge is -2.51. The van der Waals surface area contributed by atoms with Crippen molar-refractivity contribution in [1.82, 2.24) is 5.32 Å². The van der Waals surface area contributed by atoms with Crippen molar-refractivity contribution in [2.24, 2.45) is 51.6 Å². The van der Waals surface area contributed by atoms with Gasteiger partial charge in [0.25, 0.3) is 0 Å². The van der Waals surface area contributed by atoms with E-state index < -0.39 is 240 Å². The summed E-state index contributed by atoms with van der Waals surface area (Å²) in [6, 6.07) is -8.35. The molecule has 33 N–H and O–H groups in total. The Labute approximate surface area is 452 Å². The quantitative estimate of drug-likeness (QED) is 0.0724. The van der Waals surface area contributed by atoms with Gasteiger partial charge in [0, 0.05) is 30.7 Å². The summed E-state index contributed by atoms with van der Waals surface area (Å²) >= 11 is 0. The molecule has 2 aliphatic carbocycles. The molecule has 0 radical (unpaired) electrons.